The maximum atomic E-state index is 10.3. The van der Waals surface area contributed by atoms with Crippen molar-refractivity contribution in [3.05, 3.63) is 35.9 Å². The number of aliphatic hydroxyl groups is 1. The fourth-order valence-corrected chi connectivity index (χ4v) is 4.06. The number of ether oxygens (including phenoxy) is 1. The minimum Gasteiger partial charge on any atom is -0.497 e. The highest BCUT2D eigenvalue weighted by molar-refractivity contribution is 5.50. The van der Waals surface area contributed by atoms with E-state index >= 15 is 0 Å². The Hall–Kier alpha value is -1.32. The van der Waals surface area contributed by atoms with Gasteiger partial charge >= 0.3 is 0 Å². The van der Waals surface area contributed by atoms with Crippen LogP contribution in [-0.4, -0.2) is 42.9 Å². The Morgan fingerprint density at radius 1 is 1.27 bits per heavy atom. The normalized spacial score (nSPS) is 29.5. The summed E-state index contributed by atoms with van der Waals surface area (Å²) in [7, 11) is 1.69. The van der Waals surface area contributed by atoms with Gasteiger partial charge in [-0.15, -0.1) is 0 Å². The molecule has 0 aromatic heterocycles. The van der Waals surface area contributed by atoms with Crippen LogP contribution in [-0.2, 0) is 0 Å². The van der Waals surface area contributed by atoms with E-state index in [1.807, 2.05) is 12.1 Å². The van der Waals surface area contributed by atoms with Crippen molar-refractivity contribution in [1.82, 2.24) is 4.90 Å². The van der Waals surface area contributed by atoms with E-state index in [1.54, 1.807) is 7.11 Å². The van der Waals surface area contributed by atoms with Gasteiger partial charge in [0, 0.05) is 18.5 Å². The van der Waals surface area contributed by atoms with E-state index in [2.05, 4.69) is 29.2 Å². The molecule has 3 heteroatoms. The van der Waals surface area contributed by atoms with Gasteiger partial charge in [0.1, 0.15) is 5.75 Å². The van der Waals surface area contributed by atoms with Gasteiger partial charge in [-0.2, -0.15) is 0 Å². The van der Waals surface area contributed by atoms with Gasteiger partial charge in [-0.1, -0.05) is 30.7 Å². The van der Waals surface area contributed by atoms with Crippen LogP contribution in [0.2, 0.25) is 0 Å². The average molecular weight is 301 g/mol. The lowest BCUT2D eigenvalue weighted by Crippen LogP contribution is -2.47. The summed E-state index contributed by atoms with van der Waals surface area (Å²) >= 11 is 0. The zero-order valence-electron chi connectivity index (χ0n) is 13.5. The van der Waals surface area contributed by atoms with Gasteiger partial charge in [-0.25, -0.2) is 0 Å². The first-order valence-electron chi connectivity index (χ1n) is 8.43. The van der Waals surface area contributed by atoms with Crippen molar-refractivity contribution in [2.45, 2.75) is 38.2 Å². The molecule has 1 aliphatic carbocycles. The zero-order valence-corrected chi connectivity index (χ0v) is 13.5. The highest BCUT2D eigenvalue weighted by Gasteiger charge is 2.44. The molecule has 1 saturated carbocycles. The molecular formula is C19H27NO2. The number of hydrogen-bond acceptors (Lipinski definition) is 3. The van der Waals surface area contributed by atoms with Gasteiger partial charge in [0.25, 0.3) is 0 Å². The van der Waals surface area contributed by atoms with E-state index in [1.165, 1.54) is 31.2 Å². The first kappa shape index (κ1) is 15.6. The van der Waals surface area contributed by atoms with Crippen LogP contribution in [0.4, 0.5) is 0 Å². The number of nitrogens with zero attached hydrogens (tertiary/aromatic N) is 1. The molecule has 0 amide bonds. The second-order valence-electron chi connectivity index (χ2n) is 6.78. The third kappa shape index (κ3) is 3.36. The smallest absolute Gasteiger partial charge is 0.118 e. The molecule has 1 spiro atoms. The number of piperidine rings is 1. The Morgan fingerprint density at radius 3 is 2.73 bits per heavy atom. The Morgan fingerprint density at radius 2 is 2.05 bits per heavy atom. The van der Waals surface area contributed by atoms with Crippen LogP contribution in [0.25, 0.3) is 6.08 Å². The second-order valence-corrected chi connectivity index (χ2v) is 6.78. The van der Waals surface area contributed by atoms with Crippen molar-refractivity contribution < 1.29 is 9.84 Å². The van der Waals surface area contributed by atoms with Gasteiger partial charge in [0.15, 0.2) is 0 Å². The summed E-state index contributed by atoms with van der Waals surface area (Å²) in [5, 5.41) is 10.3. The summed E-state index contributed by atoms with van der Waals surface area (Å²) in [6, 6.07) is 8.14. The highest BCUT2D eigenvalue weighted by Crippen LogP contribution is 2.44. The standard InChI is InChI=1S/C19H27NO2/c1-22-17-9-7-16(8-10-17)5-3-13-20-14-4-12-19(15-20)11-2-6-18(19)21/h3,5,7-10,18,21H,2,4,6,11-15H2,1H3/b5-3+/t18-,19-/m1/s1. The lowest BCUT2D eigenvalue weighted by molar-refractivity contribution is -0.00596. The minimum absolute atomic E-state index is 0.0825. The zero-order chi connectivity index (χ0) is 15.4. The Bertz CT molecular complexity index is 511. The van der Waals surface area contributed by atoms with Crippen LogP contribution < -0.4 is 4.74 Å². The van der Waals surface area contributed by atoms with E-state index in [0.717, 1.165) is 31.8 Å². The molecule has 0 unspecified atom stereocenters. The summed E-state index contributed by atoms with van der Waals surface area (Å²) in [6.07, 6.45) is 10.1. The maximum absolute atomic E-state index is 10.3. The van der Waals surface area contributed by atoms with Crippen molar-refractivity contribution in [3.8, 4) is 5.75 Å². The quantitative estimate of drug-likeness (QED) is 0.926. The van der Waals surface area contributed by atoms with Crippen molar-refractivity contribution >= 4 is 6.08 Å². The van der Waals surface area contributed by atoms with Gasteiger partial charge in [0.05, 0.1) is 13.2 Å². The second kappa shape index (κ2) is 6.84. The molecule has 2 fully saturated rings. The number of likely N-dealkylation sites (tertiary alicyclic amines) is 1. The summed E-state index contributed by atoms with van der Waals surface area (Å²) in [5.74, 6) is 0.894. The Labute approximate surface area is 133 Å². The van der Waals surface area contributed by atoms with Crippen molar-refractivity contribution in [2.75, 3.05) is 26.7 Å². The molecule has 2 atom stereocenters. The van der Waals surface area contributed by atoms with Crippen LogP contribution in [0.3, 0.4) is 0 Å². The van der Waals surface area contributed by atoms with Crippen molar-refractivity contribution in [2.24, 2.45) is 5.41 Å². The molecule has 1 aliphatic heterocycles. The third-order valence-corrected chi connectivity index (χ3v) is 5.34. The van der Waals surface area contributed by atoms with Crippen LogP contribution in [0.15, 0.2) is 30.3 Å². The molecule has 1 saturated heterocycles. The third-order valence-electron chi connectivity index (χ3n) is 5.34. The SMILES string of the molecule is COc1ccc(/C=C/CN2CCC[C@]3(CCC[C@H]3O)C2)cc1. The Kier molecular flexibility index (Phi) is 4.84. The van der Waals surface area contributed by atoms with Crippen molar-refractivity contribution in [1.29, 1.82) is 0 Å². The van der Waals surface area contributed by atoms with Crippen LogP contribution in [0.1, 0.15) is 37.7 Å². The van der Waals surface area contributed by atoms with Crippen LogP contribution in [0, 0.1) is 5.41 Å². The van der Waals surface area contributed by atoms with E-state index in [-0.39, 0.29) is 11.5 Å². The molecule has 1 aromatic rings. The first-order valence-corrected chi connectivity index (χ1v) is 8.43. The van der Waals surface area contributed by atoms with E-state index in [9.17, 15) is 5.11 Å². The number of benzene rings is 1. The minimum atomic E-state index is -0.0825. The van der Waals surface area contributed by atoms with Gasteiger partial charge in [0.2, 0.25) is 0 Å². The molecule has 3 nitrogen and oxygen atoms in total. The maximum Gasteiger partial charge on any atom is 0.118 e. The van der Waals surface area contributed by atoms with E-state index in [4.69, 9.17) is 4.74 Å². The lowest BCUT2D eigenvalue weighted by atomic mass is 9.77. The number of rotatable bonds is 4. The molecule has 22 heavy (non-hydrogen) atoms. The Balaban J connectivity index is 1.55. The van der Waals surface area contributed by atoms with E-state index in [0.29, 0.717) is 0 Å². The molecule has 1 N–H and O–H groups in total. The first-order chi connectivity index (χ1) is 10.7. The predicted octanol–water partition coefficient (Wildman–Crippen LogP) is 3.34. The predicted molar refractivity (Wildman–Crippen MR) is 90.0 cm³/mol. The topological polar surface area (TPSA) is 32.7 Å². The molecule has 0 bridgehead atoms. The summed E-state index contributed by atoms with van der Waals surface area (Å²) in [5.41, 5.74) is 1.39. The number of methoxy groups -OCH3 is 1. The molecular weight excluding hydrogens is 274 g/mol. The van der Waals surface area contributed by atoms with Crippen molar-refractivity contribution in [3.63, 3.8) is 0 Å². The average Bonchev–Trinajstić information content (AvgIpc) is 2.88. The highest BCUT2D eigenvalue weighted by atomic mass is 16.5. The molecule has 1 heterocycles. The fraction of sp³-hybridized carbons (Fsp3) is 0.579. The van der Waals surface area contributed by atoms with E-state index < -0.39 is 0 Å². The van der Waals surface area contributed by atoms with Crippen LogP contribution >= 0.6 is 0 Å². The number of aliphatic hydroxyl groups excluding tert-OH is 1. The van der Waals surface area contributed by atoms with Gasteiger partial charge < -0.3 is 9.84 Å². The summed E-state index contributed by atoms with van der Waals surface area (Å²) < 4.78 is 5.18. The monoisotopic (exact) mass is 301 g/mol. The van der Waals surface area contributed by atoms with Gasteiger partial charge in [-0.05, 0) is 49.9 Å². The molecule has 0 radical (unpaired) electrons. The molecule has 2 aliphatic rings. The van der Waals surface area contributed by atoms with Crippen LogP contribution in [0.5, 0.6) is 5.75 Å². The largest absolute Gasteiger partial charge is 0.497 e. The molecule has 120 valence electrons. The number of hydrogen-bond donors (Lipinski definition) is 1. The fourth-order valence-electron chi connectivity index (χ4n) is 4.06. The van der Waals surface area contributed by atoms with Gasteiger partial charge in [-0.3, -0.25) is 4.90 Å². The summed E-state index contributed by atoms with van der Waals surface area (Å²) in [4.78, 5) is 2.50. The lowest BCUT2D eigenvalue weighted by Gasteiger charge is -2.42. The summed E-state index contributed by atoms with van der Waals surface area (Å²) in [6.45, 7) is 3.18. The molecule has 1 aromatic carbocycles. The molecule has 3 rings (SSSR count).